The average Bonchev–Trinajstić information content (AvgIpc) is 3.39. The minimum Gasteiger partial charge on any atom is -0.465 e. The van der Waals surface area contributed by atoms with Crippen molar-refractivity contribution in [1.29, 1.82) is 5.26 Å². The summed E-state index contributed by atoms with van der Waals surface area (Å²) in [6, 6.07) is 16.1. The van der Waals surface area contributed by atoms with Crippen molar-refractivity contribution in [1.82, 2.24) is 14.9 Å². The maximum atomic E-state index is 8.88. The van der Waals surface area contributed by atoms with E-state index in [4.69, 9.17) is 14.7 Å². The molecule has 4 heterocycles. The molecule has 6 heteroatoms. The molecule has 0 radical (unpaired) electrons. The summed E-state index contributed by atoms with van der Waals surface area (Å²) in [7, 11) is 0. The van der Waals surface area contributed by atoms with Crippen molar-refractivity contribution in [2.24, 2.45) is 0 Å². The van der Waals surface area contributed by atoms with Crippen molar-refractivity contribution < 1.29 is 4.42 Å². The van der Waals surface area contributed by atoms with Gasteiger partial charge in [-0.2, -0.15) is 5.26 Å². The first-order valence-electron chi connectivity index (χ1n) is 10.2. The van der Waals surface area contributed by atoms with Gasteiger partial charge in [0.25, 0.3) is 0 Å². The molecular formula is C23H25N5O. The molecule has 0 amide bonds. The van der Waals surface area contributed by atoms with Crippen LogP contribution in [0, 0.1) is 11.3 Å². The number of hydrogen-bond acceptors (Lipinski definition) is 6. The van der Waals surface area contributed by atoms with Gasteiger partial charge in [0.2, 0.25) is 0 Å². The molecule has 4 rings (SSSR count). The highest BCUT2D eigenvalue weighted by atomic mass is 16.3. The summed E-state index contributed by atoms with van der Waals surface area (Å²) in [6.45, 7) is 4.03. The number of nitriles is 1. The van der Waals surface area contributed by atoms with E-state index < -0.39 is 0 Å². The summed E-state index contributed by atoms with van der Waals surface area (Å²) >= 11 is 0. The van der Waals surface area contributed by atoms with Gasteiger partial charge in [-0.15, -0.1) is 0 Å². The molecule has 0 bridgehead atoms. The molecule has 3 aromatic rings. The summed E-state index contributed by atoms with van der Waals surface area (Å²) in [4.78, 5) is 11.4. The van der Waals surface area contributed by atoms with Gasteiger partial charge in [-0.3, -0.25) is 4.90 Å². The van der Waals surface area contributed by atoms with Crippen LogP contribution in [0.1, 0.15) is 55.1 Å². The van der Waals surface area contributed by atoms with Gasteiger partial charge in [0.1, 0.15) is 29.1 Å². The molecule has 3 aromatic heterocycles. The maximum absolute atomic E-state index is 8.88. The quantitative estimate of drug-likeness (QED) is 0.616. The second kappa shape index (κ2) is 8.89. The largest absolute Gasteiger partial charge is 0.465 e. The smallest absolute Gasteiger partial charge is 0.140 e. The number of likely N-dealkylation sites (tertiary alicyclic amines) is 1. The number of rotatable bonds is 7. The van der Waals surface area contributed by atoms with Gasteiger partial charge in [-0.05, 0) is 62.2 Å². The standard InChI is InChI=1S/C23H25N5O/c1-2-5-19-11-12-20(29-19)16-28-13-4-7-22(28)21-6-3-8-23(27-21)26-18-10-9-17(14-24)25-15-18/h3,6,8-12,15,22H,2,4-5,7,13,16H2,1H3,(H,26,27)/t22-/m1/s1. The Morgan fingerprint density at radius 1 is 1.21 bits per heavy atom. The Hall–Kier alpha value is -3.17. The van der Waals surface area contributed by atoms with Crippen molar-refractivity contribution >= 4 is 11.5 Å². The molecule has 0 unspecified atom stereocenters. The van der Waals surface area contributed by atoms with Crippen LogP contribution < -0.4 is 5.32 Å². The molecular weight excluding hydrogens is 362 g/mol. The van der Waals surface area contributed by atoms with Crippen LogP contribution in [-0.2, 0) is 13.0 Å². The van der Waals surface area contributed by atoms with E-state index >= 15 is 0 Å². The third-order valence-electron chi connectivity index (χ3n) is 5.20. The predicted molar refractivity (Wildman–Crippen MR) is 112 cm³/mol. The van der Waals surface area contributed by atoms with Gasteiger partial charge in [-0.25, -0.2) is 9.97 Å². The second-order valence-corrected chi connectivity index (χ2v) is 7.36. The summed E-state index contributed by atoms with van der Waals surface area (Å²) < 4.78 is 5.99. The van der Waals surface area contributed by atoms with Crippen molar-refractivity contribution in [2.45, 2.75) is 45.2 Å². The van der Waals surface area contributed by atoms with Gasteiger partial charge in [0.15, 0.2) is 0 Å². The first-order valence-corrected chi connectivity index (χ1v) is 10.2. The van der Waals surface area contributed by atoms with Crippen LogP contribution in [0.25, 0.3) is 0 Å². The molecule has 6 nitrogen and oxygen atoms in total. The molecule has 0 saturated carbocycles. The fraction of sp³-hybridized carbons (Fsp3) is 0.348. The topological polar surface area (TPSA) is 78.0 Å². The zero-order valence-corrected chi connectivity index (χ0v) is 16.6. The summed E-state index contributed by atoms with van der Waals surface area (Å²) in [6.07, 6.45) is 5.99. The number of anilines is 2. The number of nitrogens with one attached hydrogen (secondary N) is 1. The molecule has 148 valence electrons. The Balaban J connectivity index is 1.46. The lowest BCUT2D eigenvalue weighted by molar-refractivity contribution is 0.222. The average molecular weight is 387 g/mol. The van der Waals surface area contributed by atoms with E-state index in [2.05, 4.69) is 40.3 Å². The maximum Gasteiger partial charge on any atom is 0.140 e. The molecule has 1 N–H and O–H groups in total. The third kappa shape index (κ3) is 4.64. The van der Waals surface area contributed by atoms with Crippen LogP contribution in [0.15, 0.2) is 53.1 Å². The fourth-order valence-electron chi connectivity index (χ4n) is 3.83. The van der Waals surface area contributed by atoms with Crippen molar-refractivity contribution in [3.8, 4) is 6.07 Å². The van der Waals surface area contributed by atoms with Crippen LogP contribution in [0.4, 0.5) is 11.5 Å². The first-order chi connectivity index (χ1) is 14.2. The lowest BCUT2D eigenvalue weighted by Gasteiger charge is -2.23. The number of nitrogens with zero attached hydrogens (tertiary/aromatic N) is 4. The number of aryl methyl sites for hydroxylation is 1. The van der Waals surface area contributed by atoms with Gasteiger partial charge in [0, 0.05) is 6.42 Å². The highest BCUT2D eigenvalue weighted by molar-refractivity contribution is 5.55. The first kappa shape index (κ1) is 19.2. The van der Waals surface area contributed by atoms with Gasteiger partial charge < -0.3 is 9.73 Å². The third-order valence-corrected chi connectivity index (χ3v) is 5.20. The van der Waals surface area contributed by atoms with Crippen LogP contribution in [0.3, 0.4) is 0 Å². The summed E-state index contributed by atoms with van der Waals surface area (Å²) in [5, 5.41) is 12.2. The Morgan fingerprint density at radius 2 is 2.10 bits per heavy atom. The lowest BCUT2D eigenvalue weighted by Crippen LogP contribution is -2.23. The molecule has 1 aliphatic heterocycles. The molecule has 1 atom stereocenters. The van der Waals surface area contributed by atoms with Crippen LogP contribution >= 0.6 is 0 Å². The number of furan rings is 1. The number of pyridine rings is 2. The fourth-order valence-corrected chi connectivity index (χ4v) is 3.83. The Bertz CT molecular complexity index is 989. The molecule has 1 saturated heterocycles. The molecule has 1 aliphatic rings. The minimum absolute atomic E-state index is 0.288. The normalized spacial score (nSPS) is 16.6. The lowest BCUT2D eigenvalue weighted by atomic mass is 10.1. The monoisotopic (exact) mass is 387 g/mol. The van der Waals surface area contributed by atoms with Gasteiger partial charge in [-0.1, -0.05) is 13.0 Å². The van der Waals surface area contributed by atoms with Gasteiger partial charge in [0.05, 0.1) is 30.2 Å². The van der Waals surface area contributed by atoms with Crippen LogP contribution in [0.5, 0.6) is 0 Å². The zero-order valence-electron chi connectivity index (χ0n) is 16.6. The van der Waals surface area contributed by atoms with Crippen molar-refractivity contribution in [3.63, 3.8) is 0 Å². The molecule has 0 aromatic carbocycles. The zero-order chi connectivity index (χ0) is 20.1. The molecule has 29 heavy (non-hydrogen) atoms. The molecule has 1 fully saturated rings. The number of hydrogen-bond donors (Lipinski definition) is 1. The Labute approximate surface area is 171 Å². The van der Waals surface area contributed by atoms with E-state index in [1.165, 1.54) is 0 Å². The highest BCUT2D eigenvalue weighted by Crippen LogP contribution is 2.33. The van der Waals surface area contributed by atoms with Gasteiger partial charge >= 0.3 is 0 Å². The molecule has 0 aliphatic carbocycles. The second-order valence-electron chi connectivity index (χ2n) is 7.36. The summed E-state index contributed by atoms with van der Waals surface area (Å²) in [5.74, 6) is 2.88. The number of aromatic nitrogens is 2. The minimum atomic E-state index is 0.288. The van der Waals surface area contributed by atoms with Crippen LogP contribution in [0.2, 0.25) is 0 Å². The Kier molecular flexibility index (Phi) is 5.87. The summed E-state index contributed by atoms with van der Waals surface area (Å²) in [5.41, 5.74) is 2.28. The SMILES string of the molecule is CCCc1ccc(CN2CCC[C@@H]2c2cccc(Nc3ccc(C#N)nc3)n2)o1. The van der Waals surface area contributed by atoms with E-state index in [0.29, 0.717) is 5.69 Å². The highest BCUT2D eigenvalue weighted by Gasteiger charge is 2.28. The molecule has 0 spiro atoms. The van der Waals surface area contributed by atoms with E-state index in [9.17, 15) is 0 Å². The van der Waals surface area contributed by atoms with Crippen molar-refractivity contribution in [3.05, 3.63) is 71.6 Å². The van der Waals surface area contributed by atoms with E-state index in [1.807, 2.05) is 24.3 Å². The van der Waals surface area contributed by atoms with E-state index in [0.717, 1.165) is 67.5 Å². The Morgan fingerprint density at radius 3 is 2.90 bits per heavy atom. The predicted octanol–water partition coefficient (Wildman–Crippen LogP) is 4.97. The van der Waals surface area contributed by atoms with E-state index in [1.54, 1.807) is 12.3 Å². The van der Waals surface area contributed by atoms with Crippen LogP contribution in [-0.4, -0.2) is 21.4 Å². The van der Waals surface area contributed by atoms with E-state index in [-0.39, 0.29) is 6.04 Å². The van der Waals surface area contributed by atoms with Crippen molar-refractivity contribution in [2.75, 3.05) is 11.9 Å².